The lowest BCUT2D eigenvalue weighted by molar-refractivity contribution is 0.225. The van der Waals surface area contributed by atoms with Crippen LogP contribution in [0.3, 0.4) is 0 Å². The second kappa shape index (κ2) is 6.21. The maximum absolute atomic E-state index is 10.0. The van der Waals surface area contributed by atoms with Crippen LogP contribution >= 0.6 is 0 Å². The maximum atomic E-state index is 10.0. The smallest absolute Gasteiger partial charge is 0.120 e. The lowest BCUT2D eigenvalue weighted by Gasteiger charge is -2.28. The Bertz CT molecular complexity index is 381. The molecule has 1 aliphatic rings. The topological polar surface area (TPSA) is 35.5 Å². The number of phenols is 1. The molecule has 3 heteroatoms. The maximum Gasteiger partial charge on any atom is 0.120 e. The van der Waals surface area contributed by atoms with Crippen LogP contribution in [0, 0.1) is 5.92 Å². The van der Waals surface area contributed by atoms with Crippen molar-refractivity contribution in [2.24, 2.45) is 5.92 Å². The minimum absolute atomic E-state index is 0.355. The highest BCUT2D eigenvalue weighted by atomic mass is 16.3. The molecule has 2 unspecified atom stereocenters. The van der Waals surface area contributed by atoms with Gasteiger partial charge >= 0.3 is 0 Å². The van der Waals surface area contributed by atoms with Crippen molar-refractivity contribution in [2.75, 3.05) is 26.7 Å². The molecule has 0 aromatic heterocycles. The largest absolute Gasteiger partial charge is 0.508 e. The van der Waals surface area contributed by atoms with E-state index in [4.69, 9.17) is 0 Å². The van der Waals surface area contributed by atoms with E-state index in [1.807, 2.05) is 19.2 Å². The van der Waals surface area contributed by atoms with Gasteiger partial charge in [0.15, 0.2) is 0 Å². The first kappa shape index (κ1) is 13.4. The molecule has 1 saturated heterocycles. The molecule has 0 aliphatic carbocycles. The molecule has 1 fully saturated rings. The lowest BCUT2D eigenvalue weighted by atomic mass is 10.0. The Morgan fingerprint density at radius 1 is 1.44 bits per heavy atom. The van der Waals surface area contributed by atoms with E-state index in [1.165, 1.54) is 6.42 Å². The van der Waals surface area contributed by atoms with Gasteiger partial charge in [-0.3, -0.25) is 4.90 Å². The molecule has 1 aliphatic heterocycles. The number of rotatable bonds is 5. The number of nitrogens with one attached hydrogen (secondary N) is 1. The van der Waals surface area contributed by atoms with Crippen molar-refractivity contribution in [1.29, 1.82) is 0 Å². The van der Waals surface area contributed by atoms with Gasteiger partial charge in [-0.05, 0) is 45.0 Å². The molecule has 2 N–H and O–H groups in total. The van der Waals surface area contributed by atoms with Crippen molar-refractivity contribution in [2.45, 2.75) is 25.8 Å². The molecule has 2 atom stereocenters. The number of phenolic OH excluding ortho intramolecular Hbond substituents is 1. The molecule has 18 heavy (non-hydrogen) atoms. The van der Waals surface area contributed by atoms with Crippen LogP contribution in [-0.4, -0.2) is 36.7 Å². The van der Waals surface area contributed by atoms with Crippen molar-refractivity contribution in [3.63, 3.8) is 0 Å². The molecule has 0 amide bonds. The Labute approximate surface area is 110 Å². The van der Waals surface area contributed by atoms with E-state index < -0.39 is 0 Å². The summed E-state index contributed by atoms with van der Waals surface area (Å²) in [5.74, 6) is 1.18. The third-order valence-corrected chi connectivity index (χ3v) is 3.93. The average Bonchev–Trinajstić information content (AvgIpc) is 2.82. The molecule has 100 valence electrons. The summed E-state index contributed by atoms with van der Waals surface area (Å²) in [6.45, 7) is 5.56. The quantitative estimate of drug-likeness (QED) is 0.840. The zero-order valence-corrected chi connectivity index (χ0v) is 11.4. The summed E-state index contributed by atoms with van der Waals surface area (Å²) in [7, 11) is 2.02. The van der Waals surface area contributed by atoms with Crippen LogP contribution < -0.4 is 5.32 Å². The van der Waals surface area contributed by atoms with Gasteiger partial charge in [0.25, 0.3) is 0 Å². The molecule has 2 rings (SSSR count). The minimum atomic E-state index is 0.355. The zero-order chi connectivity index (χ0) is 13.0. The molecule has 1 heterocycles. The number of aromatic hydroxyl groups is 1. The van der Waals surface area contributed by atoms with Crippen molar-refractivity contribution in [3.05, 3.63) is 29.8 Å². The van der Waals surface area contributed by atoms with Crippen LogP contribution in [0.5, 0.6) is 5.75 Å². The van der Waals surface area contributed by atoms with Crippen LogP contribution in [-0.2, 0) is 0 Å². The van der Waals surface area contributed by atoms with Gasteiger partial charge in [0.05, 0.1) is 0 Å². The summed E-state index contributed by atoms with van der Waals surface area (Å²) in [5.41, 5.74) is 1.07. The predicted molar refractivity (Wildman–Crippen MR) is 74.7 cm³/mol. The predicted octanol–water partition coefficient (Wildman–Crippen LogP) is 2.38. The van der Waals surface area contributed by atoms with Gasteiger partial charge in [0.1, 0.15) is 5.75 Å². The highest BCUT2D eigenvalue weighted by molar-refractivity contribution is 5.34. The normalized spacial score (nSPS) is 22.2. The molecule has 0 saturated carbocycles. The zero-order valence-electron chi connectivity index (χ0n) is 11.4. The molecule has 0 radical (unpaired) electrons. The molecule has 1 aromatic rings. The third kappa shape index (κ3) is 2.85. The first-order valence-electron chi connectivity index (χ1n) is 6.92. The van der Waals surface area contributed by atoms with E-state index in [0.29, 0.717) is 11.8 Å². The van der Waals surface area contributed by atoms with Crippen LogP contribution in [0.1, 0.15) is 31.4 Å². The van der Waals surface area contributed by atoms with Crippen LogP contribution in [0.4, 0.5) is 0 Å². The minimum Gasteiger partial charge on any atom is -0.508 e. The van der Waals surface area contributed by atoms with Gasteiger partial charge in [-0.25, -0.2) is 0 Å². The number of para-hydroxylation sites is 1. The van der Waals surface area contributed by atoms with Gasteiger partial charge < -0.3 is 10.4 Å². The fourth-order valence-corrected chi connectivity index (χ4v) is 3.05. The standard InChI is InChI=1S/C15H24N2O/c1-3-14(13-6-4-5-7-15(13)18)17-9-8-12(11-17)10-16-2/h4-7,12,14,16,18H,3,8-11H2,1-2H3. The number of nitrogens with zero attached hydrogens (tertiary/aromatic N) is 1. The first-order valence-corrected chi connectivity index (χ1v) is 6.92. The van der Waals surface area contributed by atoms with E-state index in [2.05, 4.69) is 23.2 Å². The summed E-state index contributed by atoms with van der Waals surface area (Å²) >= 11 is 0. The number of benzene rings is 1. The molecule has 0 spiro atoms. The first-order chi connectivity index (χ1) is 8.76. The second-order valence-corrected chi connectivity index (χ2v) is 5.19. The van der Waals surface area contributed by atoms with Gasteiger partial charge in [-0.15, -0.1) is 0 Å². The van der Waals surface area contributed by atoms with Crippen LogP contribution in [0.25, 0.3) is 0 Å². The summed E-state index contributed by atoms with van der Waals surface area (Å²) in [4.78, 5) is 2.51. The Balaban J connectivity index is 2.08. The van der Waals surface area contributed by atoms with Gasteiger partial charge in [0.2, 0.25) is 0 Å². The molecule has 3 nitrogen and oxygen atoms in total. The number of likely N-dealkylation sites (tertiary alicyclic amines) is 1. The van der Waals surface area contributed by atoms with E-state index in [-0.39, 0.29) is 0 Å². The third-order valence-electron chi connectivity index (χ3n) is 3.93. The number of hydrogen-bond acceptors (Lipinski definition) is 3. The summed E-state index contributed by atoms with van der Waals surface area (Å²) in [6, 6.07) is 8.10. The SMILES string of the molecule is CCC(c1ccccc1O)N1CCC(CNC)C1. The fourth-order valence-electron chi connectivity index (χ4n) is 3.05. The van der Waals surface area contributed by atoms with Gasteiger partial charge in [-0.2, -0.15) is 0 Å². The van der Waals surface area contributed by atoms with E-state index in [1.54, 1.807) is 6.07 Å². The Kier molecular flexibility index (Phi) is 4.61. The molecular formula is C15H24N2O. The van der Waals surface area contributed by atoms with Gasteiger partial charge in [-0.1, -0.05) is 25.1 Å². The second-order valence-electron chi connectivity index (χ2n) is 5.19. The highest BCUT2D eigenvalue weighted by Gasteiger charge is 2.28. The van der Waals surface area contributed by atoms with E-state index in [0.717, 1.165) is 37.5 Å². The summed E-state index contributed by atoms with van der Waals surface area (Å²) < 4.78 is 0. The number of hydrogen-bond donors (Lipinski definition) is 2. The van der Waals surface area contributed by atoms with Crippen molar-refractivity contribution < 1.29 is 5.11 Å². The molecule has 1 aromatic carbocycles. The Morgan fingerprint density at radius 2 is 2.22 bits per heavy atom. The van der Waals surface area contributed by atoms with Crippen molar-refractivity contribution in [1.82, 2.24) is 10.2 Å². The average molecular weight is 248 g/mol. The van der Waals surface area contributed by atoms with Crippen LogP contribution in [0.2, 0.25) is 0 Å². The summed E-state index contributed by atoms with van der Waals surface area (Å²) in [6.07, 6.45) is 2.30. The van der Waals surface area contributed by atoms with Crippen LogP contribution in [0.15, 0.2) is 24.3 Å². The van der Waals surface area contributed by atoms with Crippen molar-refractivity contribution in [3.8, 4) is 5.75 Å². The van der Waals surface area contributed by atoms with Gasteiger partial charge in [0, 0.05) is 18.2 Å². The summed E-state index contributed by atoms with van der Waals surface area (Å²) in [5, 5.41) is 13.3. The Morgan fingerprint density at radius 3 is 2.89 bits per heavy atom. The lowest BCUT2D eigenvalue weighted by Crippen LogP contribution is -2.28. The molecular weight excluding hydrogens is 224 g/mol. The van der Waals surface area contributed by atoms with Crippen molar-refractivity contribution >= 4 is 0 Å². The molecule has 0 bridgehead atoms. The highest BCUT2D eigenvalue weighted by Crippen LogP contribution is 2.34. The fraction of sp³-hybridized carbons (Fsp3) is 0.600. The van der Waals surface area contributed by atoms with E-state index in [9.17, 15) is 5.11 Å². The monoisotopic (exact) mass is 248 g/mol. The van der Waals surface area contributed by atoms with E-state index >= 15 is 0 Å². The Hall–Kier alpha value is -1.06.